The highest BCUT2D eigenvalue weighted by Gasteiger charge is 2.34. The summed E-state index contributed by atoms with van der Waals surface area (Å²) in [5, 5.41) is 6.57. The maximum Gasteiger partial charge on any atom is 0.248 e. The molecule has 2 aromatic rings. The van der Waals surface area contributed by atoms with Crippen molar-refractivity contribution >= 4 is 15.9 Å². The van der Waals surface area contributed by atoms with Gasteiger partial charge < -0.3 is 9.84 Å². The second kappa shape index (κ2) is 6.93. The Morgan fingerprint density at radius 2 is 2.20 bits per heavy atom. The predicted molar refractivity (Wildman–Crippen MR) is 89.0 cm³/mol. The lowest BCUT2D eigenvalue weighted by Crippen LogP contribution is -2.41. The molecule has 0 radical (unpaired) electrons. The molecule has 0 spiro atoms. The van der Waals surface area contributed by atoms with E-state index in [4.69, 9.17) is 4.52 Å². The van der Waals surface area contributed by atoms with Crippen LogP contribution in [0.5, 0.6) is 0 Å². The molecule has 2 aromatic heterocycles. The molecule has 0 saturated carbocycles. The molecule has 1 aliphatic rings. The number of aromatic nitrogens is 2. The van der Waals surface area contributed by atoms with Gasteiger partial charge in [-0.3, -0.25) is 9.78 Å². The van der Waals surface area contributed by atoms with Crippen molar-refractivity contribution in [3.05, 3.63) is 41.5 Å². The summed E-state index contributed by atoms with van der Waals surface area (Å²) in [6.45, 7) is 3.52. The third-order valence-corrected chi connectivity index (χ3v) is 6.21. The Morgan fingerprint density at radius 1 is 1.40 bits per heavy atom. The first-order chi connectivity index (χ1) is 11.9. The second-order valence-corrected chi connectivity index (χ2v) is 7.99. The Balaban J connectivity index is 1.93. The van der Waals surface area contributed by atoms with Crippen molar-refractivity contribution in [1.29, 1.82) is 0 Å². The van der Waals surface area contributed by atoms with Crippen molar-refractivity contribution in [2.24, 2.45) is 0 Å². The zero-order chi connectivity index (χ0) is 18.0. The van der Waals surface area contributed by atoms with E-state index in [1.807, 2.05) is 6.07 Å². The fourth-order valence-corrected chi connectivity index (χ4v) is 4.74. The van der Waals surface area contributed by atoms with Crippen LogP contribution in [0, 0.1) is 13.8 Å². The van der Waals surface area contributed by atoms with Crippen LogP contribution in [0.25, 0.3) is 0 Å². The van der Waals surface area contributed by atoms with Crippen molar-refractivity contribution in [3.8, 4) is 0 Å². The van der Waals surface area contributed by atoms with Gasteiger partial charge in [-0.05, 0) is 31.9 Å². The smallest absolute Gasteiger partial charge is 0.248 e. The minimum absolute atomic E-state index is 0.0546. The standard InChI is InChI=1S/C16H20N4O4S/c1-11-16(12(2)24-19-11)25(22,23)20(9-13-4-3-7-17-8-13)10-14-5-6-15(21)18-14/h3-4,7-8,14H,5-6,9-10H2,1-2H3,(H,18,21)/t14-/m0/s1. The lowest BCUT2D eigenvalue weighted by molar-refractivity contribution is -0.119. The summed E-state index contributed by atoms with van der Waals surface area (Å²) < 4.78 is 32.8. The van der Waals surface area contributed by atoms with Crippen LogP contribution in [0.15, 0.2) is 33.9 Å². The van der Waals surface area contributed by atoms with Gasteiger partial charge in [0.1, 0.15) is 10.6 Å². The highest BCUT2D eigenvalue weighted by molar-refractivity contribution is 7.89. The Kier molecular flexibility index (Phi) is 4.87. The Morgan fingerprint density at radius 3 is 2.76 bits per heavy atom. The number of nitrogens with zero attached hydrogens (tertiary/aromatic N) is 3. The van der Waals surface area contributed by atoms with E-state index in [-0.39, 0.29) is 35.7 Å². The summed E-state index contributed by atoms with van der Waals surface area (Å²) in [6.07, 6.45) is 4.28. The van der Waals surface area contributed by atoms with Gasteiger partial charge in [-0.15, -0.1) is 0 Å². The minimum Gasteiger partial charge on any atom is -0.360 e. The summed E-state index contributed by atoms with van der Waals surface area (Å²) in [5.74, 6) is 0.199. The number of nitrogens with one attached hydrogen (secondary N) is 1. The first-order valence-corrected chi connectivity index (χ1v) is 9.43. The molecule has 1 atom stereocenters. The lowest BCUT2D eigenvalue weighted by atomic mass is 10.2. The molecule has 8 nitrogen and oxygen atoms in total. The monoisotopic (exact) mass is 364 g/mol. The van der Waals surface area contributed by atoms with Crippen molar-refractivity contribution in [3.63, 3.8) is 0 Å². The highest BCUT2D eigenvalue weighted by Crippen LogP contribution is 2.25. The summed E-state index contributed by atoms with van der Waals surface area (Å²) >= 11 is 0. The molecular formula is C16H20N4O4S. The molecule has 1 saturated heterocycles. The molecule has 9 heteroatoms. The summed E-state index contributed by atoms with van der Waals surface area (Å²) in [4.78, 5) is 15.6. The third-order valence-electron chi connectivity index (χ3n) is 4.16. The van der Waals surface area contributed by atoms with E-state index in [1.54, 1.807) is 32.3 Å². The zero-order valence-electron chi connectivity index (χ0n) is 14.1. The van der Waals surface area contributed by atoms with Crippen LogP contribution in [0.3, 0.4) is 0 Å². The first kappa shape index (κ1) is 17.6. The van der Waals surface area contributed by atoms with Crippen molar-refractivity contribution < 1.29 is 17.7 Å². The summed E-state index contributed by atoms with van der Waals surface area (Å²) in [6, 6.07) is 3.36. The Labute approximate surface area is 146 Å². The number of hydrogen-bond acceptors (Lipinski definition) is 6. The maximum atomic E-state index is 13.2. The predicted octanol–water partition coefficient (Wildman–Crippen LogP) is 1.16. The minimum atomic E-state index is -3.82. The molecule has 134 valence electrons. The fourth-order valence-electron chi connectivity index (χ4n) is 2.98. The number of carbonyl (C=O) groups excluding carboxylic acids is 1. The van der Waals surface area contributed by atoms with E-state index in [0.717, 1.165) is 5.56 Å². The van der Waals surface area contributed by atoms with E-state index in [9.17, 15) is 13.2 Å². The number of rotatable bonds is 6. The second-order valence-electron chi connectivity index (χ2n) is 6.12. The number of amides is 1. The first-order valence-electron chi connectivity index (χ1n) is 7.99. The number of pyridine rings is 1. The fraction of sp³-hybridized carbons (Fsp3) is 0.438. The van der Waals surface area contributed by atoms with Crippen molar-refractivity contribution in [2.45, 2.75) is 44.2 Å². The molecule has 1 fully saturated rings. The van der Waals surface area contributed by atoms with Crippen molar-refractivity contribution in [1.82, 2.24) is 19.8 Å². The van der Waals surface area contributed by atoms with Crippen LogP contribution in [0.2, 0.25) is 0 Å². The third kappa shape index (κ3) is 3.72. The largest absolute Gasteiger partial charge is 0.360 e. The van der Waals surface area contributed by atoms with Crippen LogP contribution in [-0.2, 0) is 21.4 Å². The molecule has 0 aromatic carbocycles. The molecule has 25 heavy (non-hydrogen) atoms. The van der Waals surface area contributed by atoms with Gasteiger partial charge in [-0.25, -0.2) is 8.42 Å². The number of aryl methyl sites for hydroxylation is 2. The summed E-state index contributed by atoms with van der Waals surface area (Å²) in [7, 11) is -3.82. The van der Waals surface area contributed by atoms with Crippen LogP contribution in [0.4, 0.5) is 0 Å². The average Bonchev–Trinajstić information content (AvgIpc) is 3.13. The molecule has 0 aliphatic carbocycles. The van der Waals surface area contributed by atoms with E-state index in [0.29, 0.717) is 18.5 Å². The normalized spacial score (nSPS) is 17.9. The van der Waals surface area contributed by atoms with Gasteiger partial charge in [0.25, 0.3) is 0 Å². The maximum absolute atomic E-state index is 13.2. The summed E-state index contributed by atoms with van der Waals surface area (Å²) in [5.41, 5.74) is 1.09. The van der Waals surface area contributed by atoms with Crippen LogP contribution >= 0.6 is 0 Å². The van der Waals surface area contributed by atoms with Gasteiger partial charge in [-0.1, -0.05) is 11.2 Å². The number of carbonyl (C=O) groups is 1. The van der Waals surface area contributed by atoms with Gasteiger partial charge >= 0.3 is 0 Å². The quantitative estimate of drug-likeness (QED) is 0.824. The van der Waals surface area contributed by atoms with Gasteiger partial charge in [-0.2, -0.15) is 4.31 Å². The molecule has 0 unspecified atom stereocenters. The van der Waals surface area contributed by atoms with Crippen LogP contribution in [0.1, 0.15) is 29.9 Å². The van der Waals surface area contributed by atoms with Gasteiger partial charge in [0.05, 0.1) is 0 Å². The number of sulfonamides is 1. The Bertz CT molecular complexity index is 844. The van der Waals surface area contributed by atoms with Gasteiger partial charge in [0, 0.05) is 37.9 Å². The lowest BCUT2D eigenvalue weighted by Gasteiger charge is -2.25. The van der Waals surface area contributed by atoms with Gasteiger partial charge in [0.2, 0.25) is 15.9 Å². The zero-order valence-corrected chi connectivity index (χ0v) is 14.9. The average molecular weight is 364 g/mol. The SMILES string of the molecule is Cc1noc(C)c1S(=O)(=O)N(Cc1cccnc1)C[C@@H]1CCC(=O)N1. The topological polar surface area (TPSA) is 105 Å². The van der Waals surface area contributed by atoms with E-state index < -0.39 is 10.0 Å². The molecule has 1 aliphatic heterocycles. The molecule has 1 amide bonds. The van der Waals surface area contributed by atoms with E-state index >= 15 is 0 Å². The van der Waals surface area contributed by atoms with Crippen LogP contribution in [-0.4, -0.2) is 41.4 Å². The number of hydrogen-bond donors (Lipinski definition) is 1. The van der Waals surface area contributed by atoms with E-state index in [2.05, 4.69) is 15.5 Å². The van der Waals surface area contributed by atoms with Crippen molar-refractivity contribution in [2.75, 3.05) is 6.54 Å². The molecule has 0 bridgehead atoms. The molecule has 1 N–H and O–H groups in total. The Hall–Kier alpha value is -2.26. The van der Waals surface area contributed by atoms with E-state index in [1.165, 1.54) is 4.31 Å². The van der Waals surface area contributed by atoms with Gasteiger partial charge in [0.15, 0.2) is 5.76 Å². The highest BCUT2D eigenvalue weighted by atomic mass is 32.2. The van der Waals surface area contributed by atoms with Crippen LogP contribution < -0.4 is 5.32 Å². The molecular weight excluding hydrogens is 344 g/mol. The molecule has 3 rings (SSSR count). The molecule has 3 heterocycles.